The van der Waals surface area contributed by atoms with E-state index < -0.39 is 17.6 Å². The summed E-state index contributed by atoms with van der Waals surface area (Å²) in [6.07, 6.45) is 3.00. The minimum absolute atomic E-state index is 0.402. The molecule has 0 aliphatic rings. The summed E-state index contributed by atoms with van der Waals surface area (Å²) in [5.41, 5.74) is 0. The minimum Gasteiger partial charge on any atom is -0.355 e. The summed E-state index contributed by atoms with van der Waals surface area (Å²) in [4.78, 5) is 22.0. The maximum atomic E-state index is 11.2. The van der Waals surface area contributed by atoms with E-state index in [4.69, 9.17) is 5.26 Å². The highest BCUT2D eigenvalue weighted by Crippen LogP contribution is 1.97. The average Bonchev–Trinajstić information content (AvgIpc) is 2.13. The summed E-state index contributed by atoms with van der Waals surface area (Å²) in [6, 6.07) is 1.68. The normalized spacial score (nSPS) is 11.5. The molecule has 0 aromatic rings. The summed E-state index contributed by atoms with van der Waals surface area (Å²) < 4.78 is 0. The summed E-state index contributed by atoms with van der Waals surface area (Å²) in [5, 5.41) is 11.1. The number of hydrogen-bond donors (Lipinski definition) is 1. The lowest BCUT2D eigenvalue weighted by molar-refractivity contribution is -0.130. The van der Waals surface area contributed by atoms with Gasteiger partial charge in [-0.05, 0) is 13.3 Å². The van der Waals surface area contributed by atoms with Gasteiger partial charge in [0, 0.05) is 6.54 Å². The van der Waals surface area contributed by atoms with Crippen molar-refractivity contribution in [3.63, 3.8) is 0 Å². The topological polar surface area (TPSA) is 70.0 Å². The molecule has 0 rings (SSSR count). The van der Waals surface area contributed by atoms with Gasteiger partial charge >= 0.3 is 0 Å². The molecule has 0 saturated carbocycles. The Labute approximate surface area is 84.3 Å². The third-order valence-electron chi connectivity index (χ3n) is 1.88. The first-order valence-corrected chi connectivity index (χ1v) is 4.81. The Morgan fingerprint density at radius 3 is 2.50 bits per heavy atom. The first kappa shape index (κ1) is 12.6. The minimum atomic E-state index is -1.14. The Morgan fingerprint density at radius 1 is 1.43 bits per heavy atom. The molecule has 0 radical (unpaired) electrons. The van der Waals surface area contributed by atoms with E-state index in [2.05, 4.69) is 12.2 Å². The van der Waals surface area contributed by atoms with Gasteiger partial charge in [-0.2, -0.15) is 5.26 Å². The van der Waals surface area contributed by atoms with Crippen LogP contribution in [0.15, 0.2) is 0 Å². The molecule has 1 unspecified atom stereocenters. The Morgan fingerprint density at radius 2 is 2.07 bits per heavy atom. The Bertz CT molecular complexity index is 243. The van der Waals surface area contributed by atoms with Crippen LogP contribution in [-0.2, 0) is 9.59 Å². The zero-order valence-corrected chi connectivity index (χ0v) is 8.67. The predicted octanol–water partition coefficient (Wildman–Crippen LogP) is 1.02. The second kappa shape index (κ2) is 7.07. The van der Waals surface area contributed by atoms with Crippen LogP contribution in [0.25, 0.3) is 0 Å². The van der Waals surface area contributed by atoms with Gasteiger partial charge in [-0.3, -0.25) is 9.59 Å². The van der Waals surface area contributed by atoms with Crippen LogP contribution in [0.4, 0.5) is 0 Å². The number of hydrogen-bond acceptors (Lipinski definition) is 3. The van der Waals surface area contributed by atoms with Crippen LogP contribution >= 0.6 is 0 Å². The molecule has 1 N–H and O–H groups in total. The summed E-state index contributed by atoms with van der Waals surface area (Å²) in [7, 11) is 0. The first-order valence-electron chi connectivity index (χ1n) is 4.81. The highest BCUT2D eigenvalue weighted by atomic mass is 16.2. The second-order valence-corrected chi connectivity index (χ2v) is 3.17. The maximum Gasteiger partial charge on any atom is 0.244 e. The van der Waals surface area contributed by atoms with E-state index in [-0.39, 0.29) is 0 Å². The van der Waals surface area contributed by atoms with Crippen LogP contribution in [0.1, 0.15) is 33.1 Å². The number of carbonyl (C=O) groups excluding carboxylic acids is 2. The quantitative estimate of drug-likeness (QED) is 0.509. The van der Waals surface area contributed by atoms with Gasteiger partial charge in [0.25, 0.3) is 0 Å². The van der Waals surface area contributed by atoms with Gasteiger partial charge in [0.05, 0.1) is 6.07 Å². The number of Topliss-reactive ketones (excluding diaryl/α,β-unsaturated/α-hetero) is 1. The van der Waals surface area contributed by atoms with Crippen LogP contribution in [0.2, 0.25) is 0 Å². The Kier molecular flexibility index (Phi) is 6.38. The van der Waals surface area contributed by atoms with Crippen LogP contribution in [0, 0.1) is 17.2 Å². The molecule has 0 saturated heterocycles. The maximum absolute atomic E-state index is 11.2. The number of ketones is 1. The molecule has 0 bridgehead atoms. The smallest absolute Gasteiger partial charge is 0.244 e. The van der Waals surface area contributed by atoms with Crippen molar-refractivity contribution in [1.82, 2.24) is 5.32 Å². The Balaban J connectivity index is 3.84. The molecule has 14 heavy (non-hydrogen) atoms. The molecule has 0 aliphatic heterocycles. The molecule has 0 fully saturated rings. The molecule has 78 valence electrons. The van der Waals surface area contributed by atoms with Crippen molar-refractivity contribution in [3.05, 3.63) is 0 Å². The van der Waals surface area contributed by atoms with Crippen molar-refractivity contribution in [2.75, 3.05) is 6.54 Å². The van der Waals surface area contributed by atoms with E-state index in [1.165, 1.54) is 6.92 Å². The molecule has 0 aliphatic carbocycles. The highest BCUT2D eigenvalue weighted by Gasteiger charge is 2.21. The number of nitriles is 1. The van der Waals surface area contributed by atoms with E-state index in [1.54, 1.807) is 6.07 Å². The zero-order chi connectivity index (χ0) is 11.0. The van der Waals surface area contributed by atoms with Crippen molar-refractivity contribution in [1.29, 1.82) is 5.26 Å². The third-order valence-corrected chi connectivity index (χ3v) is 1.88. The molecule has 0 aromatic heterocycles. The summed E-state index contributed by atoms with van der Waals surface area (Å²) >= 11 is 0. The molecule has 1 atom stereocenters. The number of rotatable bonds is 6. The van der Waals surface area contributed by atoms with Crippen LogP contribution in [0.5, 0.6) is 0 Å². The molecular formula is C10H16N2O2. The van der Waals surface area contributed by atoms with Crippen LogP contribution in [0.3, 0.4) is 0 Å². The van der Waals surface area contributed by atoms with E-state index in [0.717, 1.165) is 19.3 Å². The van der Waals surface area contributed by atoms with Crippen molar-refractivity contribution in [2.45, 2.75) is 33.1 Å². The summed E-state index contributed by atoms with van der Waals surface area (Å²) in [5.74, 6) is -2.02. The monoisotopic (exact) mass is 196 g/mol. The van der Waals surface area contributed by atoms with Gasteiger partial charge in [-0.1, -0.05) is 19.8 Å². The Hall–Kier alpha value is -1.37. The highest BCUT2D eigenvalue weighted by molar-refractivity contribution is 6.02. The fourth-order valence-corrected chi connectivity index (χ4v) is 1.02. The van der Waals surface area contributed by atoms with Gasteiger partial charge in [0.2, 0.25) is 5.91 Å². The molecule has 1 amide bonds. The first-order chi connectivity index (χ1) is 6.63. The lowest BCUT2D eigenvalue weighted by Gasteiger charge is -2.06. The fraction of sp³-hybridized carbons (Fsp3) is 0.700. The lowest BCUT2D eigenvalue weighted by Crippen LogP contribution is -2.34. The number of unbranched alkanes of at least 4 members (excludes halogenated alkanes) is 2. The predicted molar refractivity (Wildman–Crippen MR) is 52.3 cm³/mol. The molecule has 4 heteroatoms. The summed E-state index contributed by atoms with van der Waals surface area (Å²) in [6.45, 7) is 3.85. The molecule has 0 spiro atoms. The van der Waals surface area contributed by atoms with E-state index >= 15 is 0 Å². The van der Waals surface area contributed by atoms with Gasteiger partial charge in [-0.25, -0.2) is 0 Å². The van der Waals surface area contributed by atoms with E-state index in [9.17, 15) is 9.59 Å². The number of nitrogens with one attached hydrogen (secondary N) is 1. The van der Waals surface area contributed by atoms with Gasteiger partial charge in [0.1, 0.15) is 0 Å². The lowest BCUT2D eigenvalue weighted by atomic mass is 10.1. The average molecular weight is 196 g/mol. The van der Waals surface area contributed by atoms with Crippen molar-refractivity contribution in [2.24, 2.45) is 5.92 Å². The van der Waals surface area contributed by atoms with E-state index in [0.29, 0.717) is 6.54 Å². The standard InChI is InChI=1S/C10H16N2O2/c1-3-4-5-6-12-10(14)9(7-11)8(2)13/h9H,3-6H2,1-2H3,(H,12,14). The number of amides is 1. The third kappa shape index (κ3) is 4.61. The number of nitrogens with zero attached hydrogens (tertiary/aromatic N) is 1. The largest absolute Gasteiger partial charge is 0.355 e. The molecule has 0 aromatic carbocycles. The van der Waals surface area contributed by atoms with Gasteiger partial charge in [0.15, 0.2) is 11.7 Å². The van der Waals surface area contributed by atoms with Crippen LogP contribution in [-0.4, -0.2) is 18.2 Å². The molecule has 0 heterocycles. The fourth-order valence-electron chi connectivity index (χ4n) is 1.02. The van der Waals surface area contributed by atoms with Crippen molar-refractivity contribution >= 4 is 11.7 Å². The van der Waals surface area contributed by atoms with Crippen LogP contribution < -0.4 is 5.32 Å². The van der Waals surface area contributed by atoms with E-state index in [1.807, 2.05) is 0 Å². The van der Waals surface area contributed by atoms with Gasteiger partial charge < -0.3 is 5.32 Å². The second-order valence-electron chi connectivity index (χ2n) is 3.17. The SMILES string of the molecule is CCCCCNC(=O)C(C#N)C(C)=O. The van der Waals surface area contributed by atoms with Gasteiger partial charge in [-0.15, -0.1) is 0 Å². The zero-order valence-electron chi connectivity index (χ0n) is 8.67. The molecule has 4 nitrogen and oxygen atoms in total. The molecular weight excluding hydrogens is 180 g/mol. The van der Waals surface area contributed by atoms with Crippen molar-refractivity contribution in [3.8, 4) is 6.07 Å². The van der Waals surface area contributed by atoms with Crippen molar-refractivity contribution < 1.29 is 9.59 Å². The number of carbonyl (C=O) groups is 2.